The molecule has 7 nitrogen and oxygen atoms in total. The van der Waals surface area contributed by atoms with E-state index in [0.29, 0.717) is 23.0 Å². The van der Waals surface area contributed by atoms with Crippen LogP contribution in [0.4, 0.5) is 5.13 Å². The van der Waals surface area contributed by atoms with Crippen molar-refractivity contribution in [1.82, 2.24) is 14.5 Å². The van der Waals surface area contributed by atoms with E-state index in [1.54, 1.807) is 36.7 Å². The van der Waals surface area contributed by atoms with Crippen LogP contribution in [0, 0.1) is 0 Å². The fourth-order valence-corrected chi connectivity index (χ4v) is 4.42. The molecule has 0 aliphatic carbocycles. The summed E-state index contributed by atoms with van der Waals surface area (Å²) >= 11 is 1.49. The second kappa shape index (κ2) is 9.82. The van der Waals surface area contributed by atoms with Crippen LogP contribution in [0.15, 0.2) is 61.2 Å². The van der Waals surface area contributed by atoms with Gasteiger partial charge in [-0.2, -0.15) is 0 Å². The summed E-state index contributed by atoms with van der Waals surface area (Å²) in [6, 6.07) is 13.1. The van der Waals surface area contributed by atoms with Crippen molar-refractivity contribution in [3.63, 3.8) is 0 Å². The minimum atomic E-state index is -0.0928. The standard InChI is InChI=1S/C24H26N4O3S/c1-17(2)31-19-10-8-18(9-11-19)23(29)28(14-5-13-27-15-12-25-16-27)24-26-22-20(30-3)6-4-7-21(22)32-24/h4,6-12,15-17H,5,13-14H2,1-3H3. The number of thiazole rings is 1. The number of hydrogen-bond donors (Lipinski definition) is 0. The molecule has 2 heterocycles. The average Bonchev–Trinajstić information content (AvgIpc) is 3.46. The van der Waals surface area contributed by atoms with Crippen molar-refractivity contribution in [2.24, 2.45) is 0 Å². The third-order valence-electron chi connectivity index (χ3n) is 4.90. The first-order valence-electron chi connectivity index (χ1n) is 10.5. The van der Waals surface area contributed by atoms with Crippen LogP contribution in [0.25, 0.3) is 10.2 Å². The van der Waals surface area contributed by atoms with Gasteiger partial charge >= 0.3 is 0 Å². The number of aryl methyl sites for hydroxylation is 1. The van der Waals surface area contributed by atoms with Gasteiger partial charge in [0.05, 0.1) is 24.2 Å². The van der Waals surface area contributed by atoms with Gasteiger partial charge in [0.25, 0.3) is 5.91 Å². The molecule has 0 bridgehead atoms. The lowest BCUT2D eigenvalue weighted by Gasteiger charge is -2.20. The first kappa shape index (κ1) is 21.8. The van der Waals surface area contributed by atoms with Gasteiger partial charge < -0.3 is 14.0 Å². The molecule has 0 saturated heterocycles. The van der Waals surface area contributed by atoms with Crippen molar-refractivity contribution in [2.75, 3.05) is 18.6 Å². The van der Waals surface area contributed by atoms with Gasteiger partial charge in [0.15, 0.2) is 5.13 Å². The van der Waals surface area contributed by atoms with E-state index < -0.39 is 0 Å². The molecule has 166 valence electrons. The Morgan fingerprint density at radius 2 is 2.00 bits per heavy atom. The lowest BCUT2D eigenvalue weighted by Crippen LogP contribution is -2.32. The number of anilines is 1. The Hall–Kier alpha value is -3.39. The maximum Gasteiger partial charge on any atom is 0.260 e. The molecular formula is C24H26N4O3S. The summed E-state index contributed by atoms with van der Waals surface area (Å²) in [7, 11) is 1.63. The topological polar surface area (TPSA) is 69.5 Å². The van der Waals surface area contributed by atoms with E-state index in [0.717, 1.165) is 28.9 Å². The number of methoxy groups -OCH3 is 1. The molecule has 0 fully saturated rings. The Kier molecular flexibility index (Phi) is 6.70. The Morgan fingerprint density at radius 3 is 2.69 bits per heavy atom. The second-order valence-corrected chi connectivity index (χ2v) is 8.61. The van der Waals surface area contributed by atoms with Gasteiger partial charge in [-0.3, -0.25) is 9.69 Å². The molecule has 32 heavy (non-hydrogen) atoms. The number of para-hydroxylation sites is 1. The molecule has 0 aliphatic rings. The second-order valence-electron chi connectivity index (χ2n) is 7.61. The van der Waals surface area contributed by atoms with Crippen LogP contribution in [0.1, 0.15) is 30.6 Å². The fourth-order valence-electron chi connectivity index (χ4n) is 3.41. The zero-order chi connectivity index (χ0) is 22.5. The number of ether oxygens (including phenoxy) is 2. The molecule has 1 amide bonds. The molecule has 2 aromatic heterocycles. The number of aromatic nitrogens is 3. The normalized spacial score (nSPS) is 11.1. The van der Waals surface area contributed by atoms with Gasteiger partial charge in [0.1, 0.15) is 17.0 Å². The summed E-state index contributed by atoms with van der Waals surface area (Å²) < 4.78 is 14.1. The fraction of sp³-hybridized carbons (Fsp3) is 0.292. The largest absolute Gasteiger partial charge is 0.494 e. The summed E-state index contributed by atoms with van der Waals surface area (Å²) in [5.74, 6) is 1.35. The highest BCUT2D eigenvalue weighted by Crippen LogP contribution is 2.34. The number of carbonyl (C=O) groups excluding carboxylic acids is 1. The number of imidazole rings is 1. The molecule has 0 spiro atoms. The maximum absolute atomic E-state index is 13.5. The van der Waals surface area contributed by atoms with Gasteiger partial charge in [-0.1, -0.05) is 17.4 Å². The highest BCUT2D eigenvalue weighted by Gasteiger charge is 2.22. The van der Waals surface area contributed by atoms with E-state index in [2.05, 4.69) is 4.98 Å². The molecule has 0 saturated carbocycles. The number of rotatable bonds is 9. The molecule has 2 aromatic carbocycles. The van der Waals surface area contributed by atoms with Gasteiger partial charge in [0, 0.05) is 31.0 Å². The van der Waals surface area contributed by atoms with Crippen LogP contribution in [0.3, 0.4) is 0 Å². The minimum Gasteiger partial charge on any atom is -0.494 e. The SMILES string of the molecule is COc1cccc2sc(N(CCCn3ccnc3)C(=O)c3ccc(OC(C)C)cc3)nc12. The number of benzene rings is 2. The molecule has 4 aromatic rings. The van der Waals surface area contributed by atoms with E-state index in [1.165, 1.54) is 11.3 Å². The third kappa shape index (κ3) is 4.91. The molecule has 0 N–H and O–H groups in total. The van der Waals surface area contributed by atoms with Gasteiger partial charge in [-0.05, 0) is 56.7 Å². The molecular weight excluding hydrogens is 424 g/mol. The van der Waals surface area contributed by atoms with Crippen LogP contribution in [0.2, 0.25) is 0 Å². The van der Waals surface area contributed by atoms with Crippen LogP contribution >= 0.6 is 11.3 Å². The zero-order valence-electron chi connectivity index (χ0n) is 18.4. The lowest BCUT2D eigenvalue weighted by atomic mass is 10.2. The van der Waals surface area contributed by atoms with Crippen LogP contribution in [-0.4, -0.2) is 40.2 Å². The van der Waals surface area contributed by atoms with Crippen LogP contribution in [-0.2, 0) is 6.54 Å². The number of hydrogen-bond acceptors (Lipinski definition) is 6. The zero-order valence-corrected chi connectivity index (χ0v) is 19.2. The van der Waals surface area contributed by atoms with Crippen molar-refractivity contribution < 1.29 is 14.3 Å². The van der Waals surface area contributed by atoms with E-state index in [4.69, 9.17) is 14.5 Å². The number of nitrogens with zero attached hydrogens (tertiary/aromatic N) is 4. The minimum absolute atomic E-state index is 0.0777. The van der Waals surface area contributed by atoms with Crippen molar-refractivity contribution in [3.8, 4) is 11.5 Å². The third-order valence-corrected chi connectivity index (χ3v) is 5.94. The highest BCUT2D eigenvalue weighted by molar-refractivity contribution is 7.22. The molecule has 0 aliphatic heterocycles. The molecule has 8 heteroatoms. The quantitative estimate of drug-likeness (QED) is 0.358. The van der Waals surface area contributed by atoms with Crippen molar-refractivity contribution in [3.05, 3.63) is 66.7 Å². The predicted molar refractivity (Wildman–Crippen MR) is 127 cm³/mol. The van der Waals surface area contributed by atoms with Crippen molar-refractivity contribution in [1.29, 1.82) is 0 Å². The van der Waals surface area contributed by atoms with E-state index >= 15 is 0 Å². The van der Waals surface area contributed by atoms with Crippen LogP contribution in [0.5, 0.6) is 11.5 Å². The molecule has 0 unspecified atom stereocenters. The first-order chi connectivity index (χ1) is 15.5. The van der Waals surface area contributed by atoms with Crippen molar-refractivity contribution in [2.45, 2.75) is 32.9 Å². The predicted octanol–water partition coefficient (Wildman–Crippen LogP) is 5.03. The Labute approximate surface area is 191 Å². The molecule has 0 radical (unpaired) electrons. The number of fused-ring (bicyclic) bond motifs is 1. The Morgan fingerprint density at radius 1 is 1.19 bits per heavy atom. The lowest BCUT2D eigenvalue weighted by molar-refractivity contribution is 0.0986. The van der Waals surface area contributed by atoms with Gasteiger partial charge in [0.2, 0.25) is 0 Å². The number of amides is 1. The molecule has 4 rings (SSSR count). The summed E-state index contributed by atoms with van der Waals surface area (Å²) in [6.07, 6.45) is 6.30. The summed E-state index contributed by atoms with van der Waals surface area (Å²) in [5, 5.41) is 0.655. The van der Waals surface area contributed by atoms with E-state index in [9.17, 15) is 4.79 Å². The first-order valence-corrected chi connectivity index (χ1v) is 11.3. The maximum atomic E-state index is 13.5. The number of carbonyl (C=O) groups is 1. The average molecular weight is 451 g/mol. The van der Waals surface area contributed by atoms with Crippen LogP contribution < -0.4 is 14.4 Å². The smallest absolute Gasteiger partial charge is 0.260 e. The van der Waals surface area contributed by atoms with Gasteiger partial charge in [-0.25, -0.2) is 9.97 Å². The Bertz CT molecular complexity index is 1170. The molecule has 0 atom stereocenters. The summed E-state index contributed by atoms with van der Waals surface area (Å²) in [5.41, 5.74) is 1.36. The monoisotopic (exact) mass is 450 g/mol. The van der Waals surface area contributed by atoms with Crippen molar-refractivity contribution >= 4 is 32.6 Å². The Balaban J connectivity index is 1.61. The summed E-state index contributed by atoms with van der Waals surface area (Å²) in [4.78, 5) is 24.1. The van der Waals surface area contributed by atoms with E-state index in [1.807, 2.05) is 54.9 Å². The van der Waals surface area contributed by atoms with E-state index in [-0.39, 0.29) is 12.0 Å². The van der Waals surface area contributed by atoms with Gasteiger partial charge in [-0.15, -0.1) is 0 Å². The summed E-state index contributed by atoms with van der Waals surface area (Å²) in [6.45, 7) is 5.24. The highest BCUT2D eigenvalue weighted by atomic mass is 32.1.